The summed E-state index contributed by atoms with van der Waals surface area (Å²) in [7, 11) is 2.00. The molecule has 1 aromatic rings. The van der Waals surface area contributed by atoms with Crippen LogP contribution in [-0.2, 0) is 0 Å². The summed E-state index contributed by atoms with van der Waals surface area (Å²) in [5.41, 5.74) is 0.610. The Bertz CT molecular complexity index is 409. The summed E-state index contributed by atoms with van der Waals surface area (Å²) < 4.78 is 26.8. The SMILES string of the molecule is CCNCC1CCN(C)C1c1ccc(F)cc1F. The molecule has 1 aromatic carbocycles. The second-order valence-electron chi connectivity index (χ2n) is 4.95. The van der Waals surface area contributed by atoms with Gasteiger partial charge in [-0.2, -0.15) is 0 Å². The number of likely N-dealkylation sites (tertiary alicyclic amines) is 1. The maximum atomic E-state index is 13.9. The quantitative estimate of drug-likeness (QED) is 0.888. The van der Waals surface area contributed by atoms with Crippen molar-refractivity contribution in [3.8, 4) is 0 Å². The Kier molecular flexibility index (Phi) is 4.30. The number of nitrogens with one attached hydrogen (secondary N) is 1. The molecule has 0 amide bonds. The summed E-state index contributed by atoms with van der Waals surface area (Å²) in [6.45, 7) is 4.81. The molecule has 0 aromatic heterocycles. The lowest BCUT2D eigenvalue weighted by atomic mass is 9.93. The minimum absolute atomic E-state index is 0.0460. The first kappa shape index (κ1) is 13.4. The molecule has 1 saturated heterocycles. The maximum Gasteiger partial charge on any atom is 0.130 e. The van der Waals surface area contributed by atoms with Gasteiger partial charge in [0.2, 0.25) is 0 Å². The molecule has 0 aliphatic carbocycles. The van der Waals surface area contributed by atoms with Crippen LogP contribution in [0, 0.1) is 17.6 Å². The van der Waals surface area contributed by atoms with Crippen LogP contribution in [0.4, 0.5) is 8.78 Å². The summed E-state index contributed by atoms with van der Waals surface area (Å²) in [6.07, 6.45) is 1.05. The lowest BCUT2D eigenvalue weighted by Gasteiger charge is -2.26. The van der Waals surface area contributed by atoms with Crippen LogP contribution in [0.3, 0.4) is 0 Å². The van der Waals surface area contributed by atoms with Gasteiger partial charge in [-0.25, -0.2) is 8.78 Å². The van der Waals surface area contributed by atoms with Gasteiger partial charge in [0.25, 0.3) is 0 Å². The van der Waals surface area contributed by atoms with E-state index in [1.165, 1.54) is 6.07 Å². The van der Waals surface area contributed by atoms with E-state index in [9.17, 15) is 8.78 Å². The Balaban J connectivity index is 2.22. The molecular formula is C14H20F2N2. The first-order valence-corrected chi connectivity index (χ1v) is 6.49. The molecule has 1 aliphatic heterocycles. The van der Waals surface area contributed by atoms with Crippen molar-refractivity contribution in [1.29, 1.82) is 0 Å². The number of rotatable bonds is 4. The van der Waals surface area contributed by atoms with Gasteiger partial charge < -0.3 is 5.32 Å². The van der Waals surface area contributed by atoms with Gasteiger partial charge in [0.1, 0.15) is 11.6 Å². The van der Waals surface area contributed by atoms with Crippen LogP contribution in [-0.4, -0.2) is 31.6 Å². The fourth-order valence-corrected chi connectivity index (χ4v) is 2.80. The van der Waals surface area contributed by atoms with Crippen molar-refractivity contribution in [1.82, 2.24) is 10.2 Å². The molecule has 1 heterocycles. The van der Waals surface area contributed by atoms with Crippen molar-refractivity contribution in [2.24, 2.45) is 5.92 Å². The Morgan fingerprint density at radius 2 is 2.17 bits per heavy atom. The highest BCUT2D eigenvalue weighted by atomic mass is 19.1. The van der Waals surface area contributed by atoms with Gasteiger partial charge in [-0.1, -0.05) is 13.0 Å². The normalized spacial score (nSPS) is 24.7. The zero-order valence-corrected chi connectivity index (χ0v) is 10.9. The molecular weight excluding hydrogens is 234 g/mol. The number of nitrogens with zero attached hydrogens (tertiary/aromatic N) is 1. The zero-order chi connectivity index (χ0) is 13.1. The molecule has 2 nitrogen and oxygen atoms in total. The fraction of sp³-hybridized carbons (Fsp3) is 0.571. The molecule has 0 saturated carbocycles. The third-order valence-corrected chi connectivity index (χ3v) is 3.71. The van der Waals surface area contributed by atoms with Crippen LogP contribution in [0.25, 0.3) is 0 Å². The number of hydrogen-bond acceptors (Lipinski definition) is 2. The summed E-state index contributed by atoms with van der Waals surface area (Å²) in [5.74, 6) is -0.565. The zero-order valence-electron chi connectivity index (χ0n) is 10.9. The molecule has 1 aliphatic rings. The highest BCUT2D eigenvalue weighted by Crippen LogP contribution is 2.36. The predicted molar refractivity (Wildman–Crippen MR) is 68.4 cm³/mol. The van der Waals surface area contributed by atoms with Crippen molar-refractivity contribution in [2.45, 2.75) is 19.4 Å². The van der Waals surface area contributed by atoms with Gasteiger partial charge >= 0.3 is 0 Å². The van der Waals surface area contributed by atoms with Crippen molar-refractivity contribution in [3.05, 3.63) is 35.4 Å². The van der Waals surface area contributed by atoms with E-state index in [-0.39, 0.29) is 6.04 Å². The minimum atomic E-state index is -0.514. The number of halogens is 2. The van der Waals surface area contributed by atoms with Crippen LogP contribution in [0.5, 0.6) is 0 Å². The number of benzene rings is 1. The van der Waals surface area contributed by atoms with Crippen LogP contribution in [0.15, 0.2) is 18.2 Å². The lowest BCUT2D eigenvalue weighted by Crippen LogP contribution is -2.29. The predicted octanol–water partition coefficient (Wildman–Crippen LogP) is 2.57. The third-order valence-electron chi connectivity index (χ3n) is 3.71. The van der Waals surface area contributed by atoms with Crippen LogP contribution in [0.1, 0.15) is 24.9 Å². The summed E-state index contributed by atoms with van der Waals surface area (Å²) in [6, 6.07) is 3.95. The highest BCUT2D eigenvalue weighted by Gasteiger charge is 2.34. The van der Waals surface area contributed by atoms with E-state index in [4.69, 9.17) is 0 Å². The van der Waals surface area contributed by atoms with Crippen molar-refractivity contribution in [2.75, 3.05) is 26.7 Å². The minimum Gasteiger partial charge on any atom is -0.317 e. The topological polar surface area (TPSA) is 15.3 Å². The second-order valence-corrected chi connectivity index (χ2v) is 4.95. The molecule has 1 fully saturated rings. The second kappa shape index (κ2) is 5.76. The van der Waals surface area contributed by atoms with Gasteiger partial charge in [-0.15, -0.1) is 0 Å². The maximum absolute atomic E-state index is 13.9. The summed E-state index contributed by atoms with van der Waals surface area (Å²) in [5, 5.41) is 3.32. The van der Waals surface area contributed by atoms with Crippen LogP contribution in [0.2, 0.25) is 0 Å². The molecule has 100 valence electrons. The van der Waals surface area contributed by atoms with Gasteiger partial charge in [0, 0.05) is 17.7 Å². The van der Waals surface area contributed by atoms with E-state index in [0.717, 1.165) is 32.1 Å². The Morgan fingerprint density at radius 1 is 1.39 bits per heavy atom. The third kappa shape index (κ3) is 2.70. The van der Waals surface area contributed by atoms with Crippen LogP contribution < -0.4 is 5.32 Å². The fourth-order valence-electron chi connectivity index (χ4n) is 2.80. The Morgan fingerprint density at radius 3 is 2.83 bits per heavy atom. The largest absolute Gasteiger partial charge is 0.317 e. The molecule has 0 bridgehead atoms. The lowest BCUT2D eigenvalue weighted by molar-refractivity contribution is 0.265. The summed E-state index contributed by atoms with van der Waals surface area (Å²) >= 11 is 0. The van der Waals surface area contributed by atoms with E-state index in [0.29, 0.717) is 11.5 Å². The molecule has 0 radical (unpaired) electrons. The smallest absolute Gasteiger partial charge is 0.130 e. The molecule has 4 heteroatoms. The van der Waals surface area contributed by atoms with E-state index in [1.807, 2.05) is 7.05 Å². The molecule has 2 unspecified atom stereocenters. The highest BCUT2D eigenvalue weighted by molar-refractivity contribution is 5.24. The summed E-state index contributed by atoms with van der Waals surface area (Å²) in [4.78, 5) is 2.15. The molecule has 1 N–H and O–H groups in total. The molecule has 0 spiro atoms. The monoisotopic (exact) mass is 254 g/mol. The van der Waals surface area contributed by atoms with Gasteiger partial charge in [-0.05, 0) is 45.1 Å². The number of hydrogen-bond donors (Lipinski definition) is 1. The Labute approximate surface area is 107 Å². The van der Waals surface area contributed by atoms with E-state index in [2.05, 4.69) is 17.1 Å². The average molecular weight is 254 g/mol. The average Bonchev–Trinajstić information content (AvgIpc) is 2.68. The van der Waals surface area contributed by atoms with E-state index in [1.54, 1.807) is 6.07 Å². The Hall–Kier alpha value is -1.00. The van der Waals surface area contributed by atoms with Crippen LogP contribution >= 0.6 is 0 Å². The molecule has 18 heavy (non-hydrogen) atoms. The first-order valence-electron chi connectivity index (χ1n) is 6.49. The molecule has 2 rings (SSSR count). The van der Waals surface area contributed by atoms with E-state index >= 15 is 0 Å². The van der Waals surface area contributed by atoms with E-state index < -0.39 is 11.6 Å². The van der Waals surface area contributed by atoms with Crippen molar-refractivity contribution in [3.63, 3.8) is 0 Å². The van der Waals surface area contributed by atoms with Gasteiger partial charge in [-0.3, -0.25) is 4.90 Å². The van der Waals surface area contributed by atoms with Gasteiger partial charge in [0.15, 0.2) is 0 Å². The first-order chi connectivity index (χ1) is 8.63. The molecule has 2 atom stereocenters. The van der Waals surface area contributed by atoms with Crippen molar-refractivity contribution < 1.29 is 8.78 Å². The van der Waals surface area contributed by atoms with Gasteiger partial charge in [0.05, 0.1) is 0 Å². The van der Waals surface area contributed by atoms with Crippen molar-refractivity contribution >= 4 is 0 Å². The standard InChI is InChI=1S/C14H20F2N2/c1-3-17-9-10-6-7-18(2)14(10)12-5-4-11(15)8-13(12)16/h4-5,8,10,14,17H,3,6-7,9H2,1-2H3.